The Labute approximate surface area is 265 Å². The van der Waals surface area contributed by atoms with Crippen LogP contribution in [0, 0.1) is 0 Å². The average Bonchev–Trinajstić information content (AvgIpc) is 3.51. The highest BCUT2D eigenvalue weighted by Gasteiger charge is 2.27. The lowest BCUT2D eigenvalue weighted by molar-refractivity contribution is -0.120. The Morgan fingerprint density at radius 2 is 1.50 bits per heavy atom. The topological polar surface area (TPSA) is 187 Å². The molecule has 3 heterocycles. The first-order valence-corrected chi connectivity index (χ1v) is 14.5. The molecule has 0 fully saturated rings. The van der Waals surface area contributed by atoms with Crippen LogP contribution in [0.15, 0.2) is 97.5 Å². The SMILES string of the molecule is O=C(Cc1ccc(-n2cc(CN(Cc3ccccn3)Cc3ccccn3)nn2)cc1)N[C@@H](Cc1cccc(C(=O)O)c1O)B(O)O. The molecular weight excluding hydrogens is 589 g/mol. The van der Waals surface area contributed by atoms with E-state index in [4.69, 9.17) is 0 Å². The summed E-state index contributed by atoms with van der Waals surface area (Å²) in [6, 6.07) is 22.9. The maximum Gasteiger partial charge on any atom is 0.475 e. The molecule has 0 aliphatic carbocycles. The summed E-state index contributed by atoms with van der Waals surface area (Å²) in [5.41, 5.74) is 3.85. The first-order chi connectivity index (χ1) is 22.2. The van der Waals surface area contributed by atoms with Gasteiger partial charge in [0.1, 0.15) is 11.3 Å². The van der Waals surface area contributed by atoms with E-state index in [0.717, 1.165) is 22.8 Å². The molecule has 0 bridgehead atoms. The molecule has 0 unspecified atom stereocenters. The monoisotopic (exact) mass is 621 g/mol. The quantitative estimate of drug-likeness (QED) is 0.114. The van der Waals surface area contributed by atoms with E-state index in [2.05, 4.69) is 30.5 Å². The van der Waals surface area contributed by atoms with E-state index >= 15 is 0 Å². The lowest BCUT2D eigenvalue weighted by Gasteiger charge is -2.20. The zero-order valence-corrected chi connectivity index (χ0v) is 24.7. The maximum absolute atomic E-state index is 12.8. The highest BCUT2D eigenvalue weighted by atomic mass is 16.4. The van der Waals surface area contributed by atoms with Crippen molar-refractivity contribution >= 4 is 19.0 Å². The van der Waals surface area contributed by atoms with Gasteiger partial charge in [-0.1, -0.05) is 41.6 Å². The Bertz CT molecular complexity index is 1710. The summed E-state index contributed by atoms with van der Waals surface area (Å²) in [5.74, 6) is -3.47. The molecule has 14 heteroatoms. The Kier molecular flexibility index (Phi) is 10.4. The molecule has 13 nitrogen and oxygen atoms in total. The van der Waals surface area contributed by atoms with Crippen LogP contribution in [0.2, 0.25) is 0 Å². The van der Waals surface area contributed by atoms with Gasteiger partial charge in [0, 0.05) is 32.0 Å². The maximum atomic E-state index is 12.8. The summed E-state index contributed by atoms with van der Waals surface area (Å²) >= 11 is 0. The number of nitrogens with one attached hydrogen (secondary N) is 1. The van der Waals surface area contributed by atoms with Crippen LogP contribution < -0.4 is 5.32 Å². The van der Waals surface area contributed by atoms with Crippen LogP contribution in [0.4, 0.5) is 0 Å². The summed E-state index contributed by atoms with van der Waals surface area (Å²) in [5, 5.41) is 50.4. The number of hydrogen-bond donors (Lipinski definition) is 5. The number of pyridine rings is 2. The highest BCUT2D eigenvalue weighted by molar-refractivity contribution is 6.43. The smallest absolute Gasteiger partial charge is 0.475 e. The second kappa shape index (κ2) is 15.0. The van der Waals surface area contributed by atoms with E-state index in [1.54, 1.807) is 41.3 Å². The number of amides is 1. The third-order valence-corrected chi connectivity index (χ3v) is 7.21. The van der Waals surface area contributed by atoms with Crippen LogP contribution >= 0.6 is 0 Å². The molecule has 0 aliphatic heterocycles. The molecule has 0 radical (unpaired) electrons. The summed E-state index contributed by atoms with van der Waals surface area (Å²) in [6.45, 7) is 1.72. The number of phenols is 1. The number of aromatic hydroxyl groups is 1. The largest absolute Gasteiger partial charge is 0.507 e. The Hall–Kier alpha value is -5.44. The average molecular weight is 621 g/mol. The number of aromatic carboxylic acids is 1. The number of carbonyl (C=O) groups excluding carboxylic acids is 1. The zero-order valence-electron chi connectivity index (χ0n) is 24.7. The standard InChI is InChI=1S/C32H32BN7O6/c41-30(36-29(33(45)46)17-23-6-5-9-28(31(23)42)32(43)44)16-22-10-12-27(13-11-22)40-21-26(37-38-40)20-39(18-24-7-1-3-14-34-24)19-25-8-2-4-15-35-25/h1-15,21,29,42,45-46H,16-20H2,(H,36,41)(H,43,44)/t29-/m0/s1. The number of carbonyl (C=O) groups is 2. The van der Waals surface area contributed by atoms with Gasteiger partial charge in [-0.3, -0.25) is 19.7 Å². The normalized spacial score (nSPS) is 11.7. The van der Waals surface area contributed by atoms with Crippen molar-refractivity contribution in [2.75, 3.05) is 0 Å². The number of hydrogen-bond acceptors (Lipinski definition) is 10. The zero-order chi connectivity index (χ0) is 32.5. The fraction of sp³-hybridized carbons (Fsp3) is 0.188. The van der Waals surface area contributed by atoms with Gasteiger partial charge < -0.3 is 25.6 Å². The van der Waals surface area contributed by atoms with Crippen molar-refractivity contribution in [3.05, 3.63) is 131 Å². The molecule has 5 aromatic rings. The highest BCUT2D eigenvalue weighted by Crippen LogP contribution is 2.24. The Morgan fingerprint density at radius 1 is 0.848 bits per heavy atom. The molecule has 0 aliphatic rings. The summed E-state index contributed by atoms with van der Waals surface area (Å²) < 4.78 is 1.65. The van der Waals surface area contributed by atoms with E-state index in [0.29, 0.717) is 25.2 Å². The molecule has 0 saturated heterocycles. The van der Waals surface area contributed by atoms with Gasteiger partial charge in [0.05, 0.1) is 41.3 Å². The van der Waals surface area contributed by atoms with Gasteiger partial charge in [0.2, 0.25) is 5.91 Å². The first kappa shape index (κ1) is 32.0. The van der Waals surface area contributed by atoms with Crippen molar-refractivity contribution in [1.82, 2.24) is 35.2 Å². The number of aromatic nitrogens is 5. The third kappa shape index (κ3) is 8.60. The summed E-state index contributed by atoms with van der Waals surface area (Å²) in [6.07, 6.45) is 5.13. The van der Waals surface area contributed by atoms with Crippen LogP contribution in [0.1, 0.15) is 38.6 Å². The van der Waals surface area contributed by atoms with Crippen LogP contribution in [0.25, 0.3) is 5.69 Å². The van der Waals surface area contributed by atoms with Crippen LogP contribution in [-0.2, 0) is 37.3 Å². The van der Waals surface area contributed by atoms with Gasteiger partial charge in [-0.25, -0.2) is 9.48 Å². The number of rotatable bonds is 14. The van der Waals surface area contributed by atoms with Gasteiger partial charge in [-0.15, -0.1) is 5.10 Å². The molecule has 46 heavy (non-hydrogen) atoms. The second-order valence-electron chi connectivity index (χ2n) is 10.7. The number of nitrogens with zero attached hydrogens (tertiary/aromatic N) is 6. The molecule has 5 N–H and O–H groups in total. The fourth-order valence-electron chi connectivity index (χ4n) is 4.94. The second-order valence-corrected chi connectivity index (χ2v) is 10.7. The van der Waals surface area contributed by atoms with E-state index in [9.17, 15) is 29.9 Å². The summed E-state index contributed by atoms with van der Waals surface area (Å²) in [7, 11) is -1.94. The van der Waals surface area contributed by atoms with E-state index in [-0.39, 0.29) is 24.0 Å². The van der Waals surface area contributed by atoms with Crippen LogP contribution in [-0.4, -0.2) is 75.1 Å². The van der Waals surface area contributed by atoms with Crippen molar-refractivity contribution < 1.29 is 29.9 Å². The van der Waals surface area contributed by atoms with Crippen molar-refractivity contribution in [2.45, 2.75) is 38.4 Å². The van der Waals surface area contributed by atoms with Crippen molar-refractivity contribution in [3.63, 3.8) is 0 Å². The van der Waals surface area contributed by atoms with Gasteiger partial charge >= 0.3 is 13.1 Å². The van der Waals surface area contributed by atoms with Crippen LogP contribution in [0.3, 0.4) is 0 Å². The lowest BCUT2D eigenvalue weighted by atomic mass is 9.75. The van der Waals surface area contributed by atoms with Crippen molar-refractivity contribution in [3.8, 4) is 11.4 Å². The minimum Gasteiger partial charge on any atom is -0.507 e. The molecule has 234 valence electrons. The number of para-hydroxylation sites is 1. The molecule has 1 atom stereocenters. The molecule has 1 amide bonds. The predicted octanol–water partition coefficient (Wildman–Crippen LogP) is 1.95. The van der Waals surface area contributed by atoms with Gasteiger partial charge in [-0.05, 0) is 60.0 Å². The number of carboxylic acids is 1. The van der Waals surface area contributed by atoms with Crippen molar-refractivity contribution in [1.29, 1.82) is 0 Å². The fourth-order valence-corrected chi connectivity index (χ4v) is 4.94. The lowest BCUT2D eigenvalue weighted by Crippen LogP contribution is -2.48. The molecule has 0 spiro atoms. The van der Waals surface area contributed by atoms with Crippen LogP contribution in [0.5, 0.6) is 5.75 Å². The molecule has 3 aromatic heterocycles. The van der Waals surface area contributed by atoms with E-state index in [1.807, 2.05) is 42.6 Å². The predicted molar refractivity (Wildman–Crippen MR) is 167 cm³/mol. The van der Waals surface area contributed by atoms with E-state index < -0.39 is 30.7 Å². The minimum absolute atomic E-state index is 0.0523. The molecule has 0 saturated carbocycles. The minimum atomic E-state index is -1.94. The van der Waals surface area contributed by atoms with Gasteiger partial charge in [-0.2, -0.15) is 0 Å². The third-order valence-electron chi connectivity index (χ3n) is 7.21. The summed E-state index contributed by atoms with van der Waals surface area (Å²) in [4.78, 5) is 35.2. The van der Waals surface area contributed by atoms with Gasteiger partial charge in [0.25, 0.3) is 0 Å². The molecule has 2 aromatic carbocycles. The molecular formula is C32H32BN7O6. The first-order valence-electron chi connectivity index (χ1n) is 14.5. The number of carboxylic acid groups (broad SMARTS) is 1. The number of benzene rings is 2. The Balaban J connectivity index is 1.20. The molecule has 5 rings (SSSR count). The van der Waals surface area contributed by atoms with Gasteiger partial charge in [0.15, 0.2) is 0 Å². The van der Waals surface area contributed by atoms with E-state index in [1.165, 1.54) is 18.2 Å². The van der Waals surface area contributed by atoms with Crippen molar-refractivity contribution in [2.24, 2.45) is 0 Å². The Morgan fingerprint density at radius 3 is 2.09 bits per heavy atom.